The van der Waals surface area contributed by atoms with Gasteiger partial charge >= 0.3 is 0 Å². The molecule has 3 aromatic carbocycles. The van der Waals surface area contributed by atoms with Gasteiger partial charge in [0.05, 0.1) is 40.5 Å². The van der Waals surface area contributed by atoms with E-state index in [0.717, 1.165) is 45.1 Å². The van der Waals surface area contributed by atoms with E-state index in [1.165, 1.54) is 35.2 Å². The summed E-state index contributed by atoms with van der Waals surface area (Å²) in [7, 11) is 3.45. The number of hydrogen-bond donors (Lipinski definition) is 2. The second kappa shape index (κ2) is 19.0. The van der Waals surface area contributed by atoms with Crippen LogP contribution in [0.3, 0.4) is 0 Å². The molecule has 0 fully saturated rings. The second-order valence-electron chi connectivity index (χ2n) is 12.5. The zero-order valence-corrected chi connectivity index (χ0v) is 33.3. The van der Waals surface area contributed by atoms with E-state index in [1.807, 2.05) is 25.1 Å². The number of pyridine rings is 1. The molecule has 0 saturated heterocycles. The van der Waals surface area contributed by atoms with Crippen LogP contribution in [0.15, 0.2) is 85.7 Å². The average Bonchev–Trinajstić information content (AvgIpc) is 3.96. The number of nitrogens with zero attached hydrogens (tertiary/aromatic N) is 6. The average molecular weight is 853 g/mol. The lowest BCUT2D eigenvalue weighted by Gasteiger charge is -2.13. The Hall–Kier alpha value is -5.95. The maximum atomic E-state index is 14.7. The van der Waals surface area contributed by atoms with Gasteiger partial charge in [0.2, 0.25) is 0 Å². The molecule has 4 aromatic heterocycles. The van der Waals surface area contributed by atoms with Gasteiger partial charge < -0.3 is 24.7 Å². The second-order valence-corrected chi connectivity index (χ2v) is 15.1. The molecule has 0 unspecified atom stereocenters. The molecular weight excluding hydrogens is 820 g/mol. The van der Waals surface area contributed by atoms with Crippen LogP contribution in [0.25, 0.3) is 20.7 Å². The van der Waals surface area contributed by atoms with Crippen molar-refractivity contribution in [2.75, 3.05) is 20.8 Å². The van der Waals surface area contributed by atoms with Gasteiger partial charge in [-0.3, -0.25) is 19.5 Å². The van der Waals surface area contributed by atoms with Gasteiger partial charge in [-0.1, -0.05) is 11.6 Å². The van der Waals surface area contributed by atoms with Crippen molar-refractivity contribution in [2.45, 2.75) is 26.8 Å². The summed E-state index contributed by atoms with van der Waals surface area (Å²) in [5.74, 6) is -6.22. The Balaban J connectivity index is 0.000000196. The molecule has 0 bridgehead atoms. The number of carbonyl (C=O) groups is 2. The Morgan fingerprint density at radius 1 is 0.793 bits per heavy atom. The standard InChI is InChI=1S/C20H20F2N4O2S.C19H13ClF2N4O2S/c1-12-19(13-6-8-23-9-7-13)29-16(25-12)10-28-15-5-4-14(21)17(18(15)22)20(27)24-11-26(2)3;20-11-1-4-15-13(7-11)25-16(29-15)8-28-14-3-2-12(21)17(18(14)22)19(27)24-10-26-6-5-23-9-26/h4-9H,10-11H2,1-3H3,(H,24,27);1-7,9H,8,10H2,(H,24,27). The molecule has 2 amide bonds. The summed E-state index contributed by atoms with van der Waals surface area (Å²) in [6, 6.07) is 13.4. The molecule has 0 saturated carbocycles. The van der Waals surface area contributed by atoms with Crippen molar-refractivity contribution in [1.29, 1.82) is 0 Å². The highest BCUT2D eigenvalue weighted by molar-refractivity contribution is 7.18. The molecule has 2 N–H and O–H groups in total. The fraction of sp³-hybridized carbons (Fsp3) is 0.179. The molecule has 58 heavy (non-hydrogen) atoms. The van der Waals surface area contributed by atoms with Crippen molar-refractivity contribution in [2.24, 2.45) is 0 Å². The minimum atomic E-state index is -1.07. The Kier molecular flexibility index (Phi) is 13.6. The SMILES string of the molecule is Cc1nc(COc2ccc(F)c(C(=O)NCN(C)C)c2F)sc1-c1ccncc1.O=C(NCn1ccnc1)c1c(F)ccc(OCc2nc3cc(Cl)ccc3s2)c1F. The maximum Gasteiger partial charge on any atom is 0.258 e. The number of imidazole rings is 1. The maximum absolute atomic E-state index is 14.7. The van der Waals surface area contributed by atoms with Gasteiger partial charge in [-0.15, -0.1) is 22.7 Å². The van der Waals surface area contributed by atoms with E-state index in [-0.39, 0.29) is 38.1 Å². The fourth-order valence-corrected chi connectivity index (χ4v) is 7.24. The third-order valence-corrected chi connectivity index (χ3v) is 10.4. The third-order valence-electron chi connectivity index (χ3n) is 7.98. The van der Waals surface area contributed by atoms with E-state index < -0.39 is 46.2 Å². The first kappa shape index (κ1) is 41.7. The number of benzene rings is 3. The molecule has 0 spiro atoms. The monoisotopic (exact) mass is 852 g/mol. The van der Waals surface area contributed by atoms with Gasteiger partial charge in [-0.05, 0) is 81.2 Å². The van der Waals surface area contributed by atoms with E-state index in [2.05, 4.69) is 30.6 Å². The van der Waals surface area contributed by atoms with Crippen LogP contribution >= 0.6 is 34.3 Å². The minimum Gasteiger partial charge on any atom is -0.483 e. The number of amides is 2. The van der Waals surface area contributed by atoms with E-state index >= 15 is 0 Å². The Morgan fingerprint density at radius 3 is 2.02 bits per heavy atom. The predicted molar refractivity (Wildman–Crippen MR) is 212 cm³/mol. The van der Waals surface area contributed by atoms with Gasteiger partial charge in [0.25, 0.3) is 11.8 Å². The number of aromatic nitrogens is 5. The quantitative estimate of drug-likeness (QED) is 0.0874. The van der Waals surface area contributed by atoms with Crippen molar-refractivity contribution < 1.29 is 36.6 Å². The van der Waals surface area contributed by atoms with Crippen molar-refractivity contribution >= 4 is 56.3 Å². The van der Waals surface area contributed by atoms with Crippen LogP contribution < -0.4 is 20.1 Å². The molecule has 0 aliphatic heterocycles. The topological polar surface area (TPSA) is 136 Å². The summed E-state index contributed by atoms with van der Waals surface area (Å²) >= 11 is 8.74. The molecule has 4 heterocycles. The van der Waals surface area contributed by atoms with E-state index in [1.54, 1.807) is 54.3 Å². The number of nitrogens with one attached hydrogen (secondary N) is 2. The first-order chi connectivity index (χ1) is 27.9. The highest BCUT2D eigenvalue weighted by atomic mass is 35.5. The number of carbonyl (C=O) groups excluding carboxylic acids is 2. The lowest BCUT2D eigenvalue weighted by atomic mass is 10.1. The molecule has 7 aromatic rings. The van der Waals surface area contributed by atoms with Crippen molar-refractivity contribution in [1.82, 2.24) is 40.0 Å². The molecule has 0 radical (unpaired) electrons. The lowest BCUT2D eigenvalue weighted by molar-refractivity contribution is 0.0919. The van der Waals surface area contributed by atoms with E-state index in [0.29, 0.717) is 20.6 Å². The minimum absolute atomic E-state index is 0.00208. The van der Waals surface area contributed by atoms with Gasteiger partial charge in [0, 0.05) is 29.8 Å². The number of halogens is 5. The predicted octanol–water partition coefficient (Wildman–Crippen LogP) is 8.01. The zero-order valence-electron chi connectivity index (χ0n) is 30.9. The Bertz CT molecular complexity index is 2540. The number of rotatable bonds is 13. The summed E-state index contributed by atoms with van der Waals surface area (Å²) in [5, 5.41) is 6.67. The lowest BCUT2D eigenvalue weighted by Crippen LogP contribution is -2.34. The molecule has 300 valence electrons. The number of fused-ring (bicyclic) bond motifs is 1. The van der Waals surface area contributed by atoms with Crippen molar-refractivity contribution in [3.8, 4) is 21.9 Å². The van der Waals surface area contributed by atoms with Crippen LogP contribution in [-0.2, 0) is 19.9 Å². The van der Waals surface area contributed by atoms with Crippen LogP contribution in [-0.4, -0.2) is 62.0 Å². The number of thiazole rings is 2. The van der Waals surface area contributed by atoms with Crippen molar-refractivity contribution in [3.05, 3.63) is 141 Å². The van der Waals surface area contributed by atoms with E-state index in [9.17, 15) is 27.2 Å². The highest BCUT2D eigenvalue weighted by Gasteiger charge is 2.23. The molecule has 7 rings (SSSR count). The van der Waals surface area contributed by atoms with Crippen LogP contribution in [0.1, 0.15) is 36.4 Å². The smallest absolute Gasteiger partial charge is 0.258 e. The summed E-state index contributed by atoms with van der Waals surface area (Å²) in [5.41, 5.74) is 1.13. The van der Waals surface area contributed by atoms with Gasteiger partial charge in [-0.25, -0.2) is 32.5 Å². The summed E-state index contributed by atoms with van der Waals surface area (Å²) in [4.78, 5) is 43.7. The molecule has 0 aliphatic carbocycles. The van der Waals surface area contributed by atoms with Crippen LogP contribution in [0.5, 0.6) is 11.5 Å². The van der Waals surface area contributed by atoms with Gasteiger partial charge in [-0.2, -0.15) is 0 Å². The fourth-order valence-electron chi connectivity index (χ4n) is 5.23. The number of ether oxygens (including phenoxy) is 2. The van der Waals surface area contributed by atoms with Gasteiger partial charge in [0.15, 0.2) is 23.1 Å². The normalized spacial score (nSPS) is 11.0. The van der Waals surface area contributed by atoms with Gasteiger partial charge in [0.1, 0.15) is 46.0 Å². The summed E-state index contributed by atoms with van der Waals surface area (Å²) < 4.78 is 71.0. The van der Waals surface area contributed by atoms with E-state index in [4.69, 9.17) is 21.1 Å². The summed E-state index contributed by atoms with van der Waals surface area (Å²) in [6.07, 6.45) is 8.00. The molecular formula is C39H33ClF4N8O4S2. The number of aryl methyl sites for hydroxylation is 1. The van der Waals surface area contributed by atoms with Crippen LogP contribution in [0, 0.1) is 30.2 Å². The first-order valence-electron chi connectivity index (χ1n) is 17.2. The largest absolute Gasteiger partial charge is 0.483 e. The zero-order chi connectivity index (χ0) is 41.3. The molecule has 0 aliphatic rings. The third kappa shape index (κ3) is 10.3. The Labute approximate surface area is 342 Å². The molecule has 19 heteroatoms. The molecule has 0 atom stereocenters. The van der Waals surface area contributed by atoms with Crippen molar-refractivity contribution in [3.63, 3.8) is 0 Å². The molecule has 12 nitrogen and oxygen atoms in total. The number of hydrogen-bond acceptors (Lipinski definition) is 11. The highest BCUT2D eigenvalue weighted by Crippen LogP contribution is 2.32. The van der Waals surface area contributed by atoms with Crippen LogP contribution in [0.2, 0.25) is 5.02 Å². The van der Waals surface area contributed by atoms with Crippen LogP contribution in [0.4, 0.5) is 17.6 Å². The summed E-state index contributed by atoms with van der Waals surface area (Å²) in [6.45, 7) is 2.02. The first-order valence-corrected chi connectivity index (χ1v) is 19.2. The Morgan fingerprint density at radius 2 is 1.41 bits per heavy atom.